The van der Waals surface area contributed by atoms with E-state index >= 15 is 0 Å². The third-order valence-electron chi connectivity index (χ3n) is 5.17. The summed E-state index contributed by atoms with van der Waals surface area (Å²) in [6.45, 7) is 2.77. The minimum absolute atomic E-state index is 0.174. The number of ether oxygens (including phenoxy) is 4. The lowest BCUT2D eigenvalue weighted by Crippen LogP contribution is -2.42. The third kappa shape index (κ3) is 5.77. The van der Waals surface area contributed by atoms with Crippen LogP contribution in [0.3, 0.4) is 0 Å². The molecule has 0 aromatic heterocycles. The number of benzene rings is 2. The minimum atomic E-state index is 0.174. The van der Waals surface area contributed by atoms with E-state index in [2.05, 4.69) is 22.3 Å². The number of hydrogen-bond acceptors (Lipinski definition) is 5. The molecule has 1 fully saturated rings. The summed E-state index contributed by atoms with van der Waals surface area (Å²) in [4.78, 5) is 2.14. The molecule has 2 aromatic carbocycles. The molecule has 1 aliphatic rings. The fourth-order valence-electron chi connectivity index (χ4n) is 3.56. The minimum Gasteiger partial charge on any atom is -0.496 e. The first-order chi connectivity index (χ1) is 14.6. The maximum atomic E-state index is 5.87. The molecule has 7 heteroatoms. The van der Waals surface area contributed by atoms with Crippen LogP contribution in [0.2, 0.25) is 0 Å². The second-order valence-electron chi connectivity index (χ2n) is 7.18. The van der Waals surface area contributed by atoms with E-state index in [4.69, 9.17) is 31.2 Å². The third-order valence-corrected chi connectivity index (χ3v) is 5.57. The Morgan fingerprint density at radius 1 is 1.07 bits per heavy atom. The SMILES string of the molecule is COc1cc(OC)c(OC)cc1CN(CC1CCCO1)C(=S)NCc1ccccc1. The molecule has 1 heterocycles. The number of nitrogens with one attached hydrogen (secondary N) is 1. The molecule has 0 amide bonds. The Balaban J connectivity index is 1.78. The average Bonchev–Trinajstić information content (AvgIpc) is 3.30. The number of thiocarbonyl (C=S) groups is 1. The van der Waals surface area contributed by atoms with Crippen molar-refractivity contribution < 1.29 is 18.9 Å². The molecular weight excluding hydrogens is 400 g/mol. The van der Waals surface area contributed by atoms with Crippen molar-refractivity contribution >= 4 is 17.3 Å². The molecule has 0 saturated carbocycles. The maximum absolute atomic E-state index is 5.87. The van der Waals surface area contributed by atoms with Crippen LogP contribution in [-0.2, 0) is 17.8 Å². The molecule has 6 nitrogen and oxygen atoms in total. The van der Waals surface area contributed by atoms with Gasteiger partial charge in [0.25, 0.3) is 0 Å². The van der Waals surface area contributed by atoms with Crippen molar-refractivity contribution in [3.05, 3.63) is 53.6 Å². The molecule has 1 N–H and O–H groups in total. The van der Waals surface area contributed by atoms with Gasteiger partial charge < -0.3 is 29.2 Å². The first-order valence-electron chi connectivity index (χ1n) is 10.1. The van der Waals surface area contributed by atoms with Crippen molar-refractivity contribution in [1.82, 2.24) is 10.2 Å². The van der Waals surface area contributed by atoms with Crippen LogP contribution < -0.4 is 19.5 Å². The highest BCUT2D eigenvalue weighted by Crippen LogP contribution is 2.35. The maximum Gasteiger partial charge on any atom is 0.169 e. The van der Waals surface area contributed by atoms with Crippen LogP contribution >= 0.6 is 12.2 Å². The lowest BCUT2D eigenvalue weighted by atomic mass is 10.1. The van der Waals surface area contributed by atoms with Gasteiger partial charge in [-0.25, -0.2) is 0 Å². The van der Waals surface area contributed by atoms with Crippen LogP contribution in [0.4, 0.5) is 0 Å². The van der Waals surface area contributed by atoms with Gasteiger partial charge in [0.05, 0.1) is 27.4 Å². The van der Waals surface area contributed by atoms with Gasteiger partial charge in [-0.2, -0.15) is 0 Å². The van der Waals surface area contributed by atoms with Gasteiger partial charge in [0, 0.05) is 37.9 Å². The molecule has 162 valence electrons. The summed E-state index contributed by atoms with van der Waals surface area (Å²) in [5.74, 6) is 2.03. The van der Waals surface area contributed by atoms with E-state index < -0.39 is 0 Å². The van der Waals surface area contributed by atoms with E-state index in [0.717, 1.165) is 37.3 Å². The number of rotatable bonds is 9. The normalized spacial score (nSPS) is 15.5. The molecule has 1 aliphatic heterocycles. The van der Waals surface area contributed by atoms with Crippen molar-refractivity contribution in [1.29, 1.82) is 0 Å². The van der Waals surface area contributed by atoms with Gasteiger partial charge in [-0.1, -0.05) is 30.3 Å². The average molecular weight is 431 g/mol. The smallest absolute Gasteiger partial charge is 0.169 e. The van der Waals surface area contributed by atoms with Crippen molar-refractivity contribution in [2.75, 3.05) is 34.5 Å². The Morgan fingerprint density at radius 2 is 1.77 bits per heavy atom. The van der Waals surface area contributed by atoms with Crippen molar-refractivity contribution in [2.45, 2.75) is 32.0 Å². The van der Waals surface area contributed by atoms with Crippen molar-refractivity contribution in [3.8, 4) is 17.2 Å². The van der Waals surface area contributed by atoms with Gasteiger partial charge in [-0.05, 0) is 36.7 Å². The van der Waals surface area contributed by atoms with E-state index in [1.54, 1.807) is 21.3 Å². The predicted octanol–water partition coefficient (Wildman–Crippen LogP) is 3.77. The zero-order valence-electron chi connectivity index (χ0n) is 17.8. The number of nitrogens with zero attached hydrogens (tertiary/aromatic N) is 1. The Hall–Kier alpha value is -2.51. The lowest BCUT2D eigenvalue weighted by Gasteiger charge is -2.29. The largest absolute Gasteiger partial charge is 0.496 e. The molecule has 0 aliphatic carbocycles. The van der Waals surface area contributed by atoms with Crippen LogP contribution in [0, 0.1) is 0 Å². The molecule has 3 rings (SSSR count). The Morgan fingerprint density at radius 3 is 2.40 bits per heavy atom. The first kappa shape index (κ1) is 22.2. The van der Waals surface area contributed by atoms with Gasteiger partial charge >= 0.3 is 0 Å². The molecule has 1 unspecified atom stereocenters. The van der Waals surface area contributed by atoms with Gasteiger partial charge in [0.15, 0.2) is 16.6 Å². The first-order valence-corrected chi connectivity index (χ1v) is 10.5. The fraction of sp³-hybridized carbons (Fsp3) is 0.435. The van der Waals surface area contributed by atoms with E-state index in [9.17, 15) is 0 Å². The molecule has 2 aromatic rings. The second-order valence-corrected chi connectivity index (χ2v) is 7.57. The molecule has 30 heavy (non-hydrogen) atoms. The van der Waals surface area contributed by atoms with Crippen LogP contribution in [-0.4, -0.2) is 50.6 Å². The number of methoxy groups -OCH3 is 3. The van der Waals surface area contributed by atoms with Crippen LogP contribution in [0.25, 0.3) is 0 Å². The highest BCUT2D eigenvalue weighted by Gasteiger charge is 2.23. The lowest BCUT2D eigenvalue weighted by molar-refractivity contribution is 0.0895. The molecule has 1 atom stereocenters. The monoisotopic (exact) mass is 430 g/mol. The van der Waals surface area contributed by atoms with Crippen LogP contribution in [0.5, 0.6) is 17.2 Å². The Labute approximate surface area is 184 Å². The summed E-state index contributed by atoms with van der Waals surface area (Å²) < 4.78 is 22.4. The predicted molar refractivity (Wildman–Crippen MR) is 121 cm³/mol. The van der Waals surface area contributed by atoms with Gasteiger partial charge in [-0.3, -0.25) is 0 Å². The van der Waals surface area contributed by atoms with E-state index in [-0.39, 0.29) is 6.10 Å². The summed E-state index contributed by atoms with van der Waals surface area (Å²) >= 11 is 5.76. The number of hydrogen-bond donors (Lipinski definition) is 1. The molecular formula is C23H30N2O4S. The molecule has 1 saturated heterocycles. The summed E-state index contributed by atoms with van der Waals surface area (Å²) in [5, 5.41) is 4.07. The van der Waals surface area contributed by atoms with Gasteiger partial charge in [0.2, 0.25) is 0 Å². The zero-order chi connectivity index (χ0) is 21.3. The highest BCUT2D eigenvalue weighted by molar-refractivity contribution is 7.80. The van der Waals surface area contributed by atoms with Crippen LogP contribution in [0.15, 0.2) is 42.5 Å². The summed E-state index contributed by atoms with van der Waals surface area (Å²) in [5.41, 5.74) is 2.15. The van der Waals surface area contributed by atoms with Gasteiger partial charge in [0.1, 0.15) is 5.75 Å². The molecule has 0 radical (unpaired) electrons. The molecule has 0 spiro atoms. The van der Waals surface area contributed by atoms with E-state index in [1.807, 2.05) is 30.3 Å². The van der Waals surface area contributed by atoms with Gasteiger partial charge in [-0.15, -0.1) is 0 Å². The van der Waals surface area contributed by atoms with E-state index in [0.29, 0.717) is 29.7 Å². The summed E-state index contributed by atoms with van der Waals surface area (Å²) in [7, 11) is 4.90. The second kappa shape index (κ2) is 11.0. The molecule has 0 bridgehead atoms. The summed E-state index contributed by atoms with van der Waals surface area (Å²) in [6, 6.07) is 14.0. The van der Waals surface area contributed by atoms with Crippen molar-refractivity contribution in [2.24, 2.45) is 0 Å². The standard InChI is InChI=1S/C23H30N2O4S/c1-26-20-13-22(28-3)21(27-2)12-18(20)15-25(16-19-10-7-11-29-19)23(30)24-14-17-8-5-4-6-9-17/h4-6,8-9,12-13,19H,7,10-11,14-16H2,1-3H3,(H,24,30). The summed E-state index contributed by atoms with van der Waals surface area (Å²) in [6.07, 6.45) is 2.30. The fourth-order valence-corrected chi connectivity index (χ4v) is 3.77. The van der Waals surface area contributed by atoms with Crippen molar-refractivity contribution in [3.63, 3.8) is 0 Å². The quantitative estimate of drug-likeness (QED) is 0.608. The topological polar surface area (TPSA) is 52.2 Å². The highest BCUT2D eigenvalue weighted by atomic mass is 32.1. The van der Waals surface area contributed by atoms with E-state index in [1.165, 1.54) is 5.56 Å². The Bertz CT molecular complexity index is 825. The van der Waals surface area contributed by atoms with Crippen LogP contribution in [0.1, 0.15) is 24.0 Å². The Kier molecular flexibility index (Phi) is 8.16. The zero-order valence-corrected chi connectivity index (χ0v) is 18.7.